The molecule has 0 aliphatic heterocycles. The van der Waals surface area contributed by atoms with Gasteiger partial charge < -0.3 is 4.52 Å². The van der Waals surface area contributed by atoms with Gasteiger partial charge in [-0.1, -0.05) is 23.4 Å². The summed E-state index contributed by atoms with van der Waals surface area (Å²) in [4.78, 5) is 2.36. The first-order valence-corrected chi connectivity index (χ1v) is 9.03. The Bertz CT molecular complexity index is 1150. The molecule has 0 spiro atoms. The summed E-state index contributed by atoms with van der Waals surface area (Å²) in [5.74, 6) is -3.76. The zero-order chi connectivity index (χ0) is 21.4. The quantitative estimate of drug-likeness (QED) is 0.500. The van der Waals surface area contributed by atoms with Gasteiger partial charge in [-0.25, -0.2) is 8.60 Å². The molecule has 0 radical (unpaired) electrons. The molecule has 0 fully saturated rings. The molecule has 29 heavy (non-hydrogen) atoms. The van der Waals surface area contributed by atoms with E-state index in [0.29, 0.717) is 6.07 Å². The van der Waals surface area contributed by atoms with Gasteiger partial charge in [0.1, 0.15) is 5.82 Å². The number of hydrogen-bond donors (Lipinski definition) is 0. The molecule has 0 saturated carbocycles. The van der Waals surface area contributed by atoms with Crippen LogP contribution in [0.15, 0.2) is 62.3 Å². The summed E-state index contributed by atoms with van der Waals surface area (Å²) in [6.07, 6.45) is -4.95. The number of alkyl halides is 6. The summed E-state index contributed by atoms with van der Waals surface area (Å²) < 4.78 is 112. The van der Waals surface area contributed by atoms with Gasteiger partial charge in [-0.15, -0.1) is 0 Å². The van der Waals surface area contributed by atoms with Gasteiger partial charge in [-0.3, -0.25) is 0 Å². The van der Waals surface area contributed by atoms with Crippen molar-refractivity contribution in [3.63, 3.8) is 0 Å². The summed E-state index contributed by atoms with van der Waals surface area (Å²) in [6, 6.07) is 7.92. The second-order valence-electron chi connectivity index (χ2n) is 5.46. The van der Waals surface area contributed by atoms with Gasteiger partial charge in [0.15, 0.2) is 9.73 Å². The van der Waals surface area contributed by atoms with Crippen molar-refractivity contribution in [2.75, 3.05) is 0 Å². The average Bonchev–Trinajstić information content (AvgIpc) is 3.12. The molecule has 0 bridgehead atoms. The van der Waals surface area contributed by atoms with E-state index in [1.54, 1.807) is 0 Å². The molecule has 0 aliphatic rings. The average molecular weight is 439 g/mol. The number of hydrogen-bond acceptors (Lipinski definition) is 5. The number of benzene rings is 2. The third-order valence-electron chi connectivity index (χ3n) is 3.47. The molecule has 154 valence electrons. The van der Waals surface area contributed by atoms with Crippen molar-refractivity contribution >= 4 is 15.4 Å². The lowest BCUT2D eigenvalue weighted by molar-refractivity contribution is -0.159. The second-order valence-corrected chi connectivity index (χ2v) is 7.63. The van der Waals surface area contributed by atoms with E-state index in [2.05, 4.69) is 19.0 Å². The highest BCUT2D eigenvalue weighted by atomic mass is 32.2. The van der Waals surface area contributed by atoms with Crippen LogP contribution in [0.2, 0.25) is 0 Å². The number of nitrogens with zero attached hydrogens (tertiary/aromatic N) is 3. The number of halogens is 7. The van der Waals surface area contributed by atoms with Crippen LogP contribution in [0.4, 0.5) is 36.4 Å². The fourth-order valence-corrected chi connectivity index (χ4v) is 3.59. The van der Waals surface area contributed by atoms with Gasteiger partial charge in [0.25, 0.3) is 0 Å². The van der Waals surface area contributed by atoms with Crippen LogP contribution in [0.25, 0.3) is 11.4 Å². The Morgan fingerprint density at radius 1 is 0.966 bits per heavy atom. The van der Waals surface area contributed by atoms with Crippen LogP contribution < -0.4 is 0 Å². The maximum absolute atomic E-state index is 14.3. The molecule has 5 nitrogen and oxygen atoms in total. The highest BCUT2D eigenvalue weighted by Gasteiger charge is 2.44. The predicted molar refractivity (Wildman–Crippen MR) is 85.7 cm³/mol. The fraction of sp³-hybridized carbons (Fsp3) is 0.125. The van der Waals surface area contributed by atoms with E-state index in [9.17, 15) is 34.9 Å². The van der Waals surface area contributed by atoms with Gasteiger partial charge >= 0.3 is 17.6 Å². The summed E-state index contributed by atoms with van der Waals surface area (Å²) in [6.45, 7) is 0. The standard InChI is InChI=1S/C16H8F7N3O2S/c17-12-8-9(6-7-11(12)13-24-14(28-25-13)15(18,19)20)26-29(27,16(21,22)23)10-4-2-1-3-5-10/h1-8H. The first-order valence-electron chi connectivity index (χ1n) is 7.51. The predicted octanol–water partition coefficient (Wildman–Crippen LogP) is 5.57. The van der Waals surface area contributed by atoms with Crippen LogP contribution in [0.1, 0.15) is 5.89 Å². The Morgan fingerprint density at radius 2 is 1.62 bits per heavy atom. The largest absolute Gasteiger partial charge is 0.484 e. The van der Waals surface area contributed by atoms with E-state index in [4.69, 9.17) is 0 Å². The minimum Gasteiger partial charge on any atom is -0.329 e. The molecule has 13 heteroatoms. The van der Waals surface area contributed by atoms with Crippen molar-refractivity contribution in [1.29, 1.82) is 0 Å². The number of rotatable bonds is 3. The Balaban J connectivity index is 2.08. The molecule has 0 aliphatic carbocycles. The van der Waals surface area contributed by atoms with Gasteiger partial charge in [0.2, 0.25) is 5.82 Å². The minimum absolute atomic E-state index is 0.479. The van der Waals surface area contributed by atoms with Crippen LogP contribution in [-0.2, 0) is 15.9 Å². The number of aromatic nitrogens is 2. The molecule has 0 saturated heterocycles. The molecule has 0 amide bonds. The van der Waals surface area contributed by atoms with Crippen molar-refractivity contribution in [3.05, 3.63) is 60.2 Å². The van der Waals surface area contributed by atoms with E-state index in [0.717, 1.165) is 24.3 Å². The molecule has 2 aromatic carbocycles. The van der Waals surface area contributed by atoms with Gasteiger partial charge in [-0.05, 0) is 24.3 Å². The van der Waals surface area contributed by atoms with Gasteiger partial charge in [0.05, 0.1) is 16.1 Å². The van der Waals surface area contributed by atoms with Crippen molar-refractivity contribution in [2.45, 2.75) is 16.6 Å². The van der Waals surface area contributed by atoms with Crippen LogP contribution in [-0.4, -0.2) is 19.9 Å². The zero-order valence-corrected chi connectivity index (χ0v) is 14.6. The van der Waals surface area contributed by atoms with Gasteiger partial charge in [-0.2, -0.15) is 35.7 Å². The lowest BCUT2D eigenvalue weighted by atomic mass is 10.2. The summed E-state index contributed by atoms with van der Waals surface area (Å²) >= 11 is 0. The molecule has 0 N–H and O–H groups in total. The van der Waals surface area contributed by atoms with Crippen molar-refractivity contribution < 1.29 is 39.5 Å². The maximum atomic E-state index is 14.3. The molecule has 1 unspecified atom stereocenters. The maximum Gasteiger partial charge on any atom is 0.484 e. The van der Waals surface area contributed by atoms with E-state index in [-0.39, 0.29) is 0 Å². The molecular formula is C16H8F7N3O2S. The van der Waals surface area contributed by atoms with Crippen molar-refractivity contribution in [3.8, 4) is 11.4 Å². The SMILES string of the molecule is O=S(=Nc1ccc(-c2noc(C(F)(F)F)n2)c(F)c1)(c1ccccc1)C(F)(F)F. The van der Waals surface area contributed by atoms with Gasteiger partial charge in [0, 0.05) is 6.07 Å². The first kappa shape index (κ1) is 20.8. The van der Waals surface area contributed by atoms with Crippen LogP contribution in [0.3, 0.4) is 0 Å². The smallest absolute Gasteiger partial charge is 0.329 e. The zero-order valence-electron chi connectivity index (χ0n) is 13.8. The third-order valence-corrected chi connectivity index (χ3v) is 5.48. The summed E-state index contributed by atoms with van der Waals surface area (Å²) in [7, 11) is -4.99. The minimum atomic E-state index is -5.27. The second kappa shape index (κ2) is 7.13. The lowest BCUT2D eigenvalue weighted by Gasteiger charge is -2.14. The molecular weight excluding hydrogens is 431 g/mol. The van der Waals surface area contributed by atoms with E-state index < -0.39 is 55.1 Å². The Hall–Kier alpha value is -2.96. The summed E-state index contributed by atoms with van der Waals surface area (Å²) in [5, 5.41) is 2.99. The van der Waals surface area contributed by atoms with E-state index in [1.807, 2.05) is 0 Å². The molecule has 3 rings (SSSR count). The highest BCUT2D eigenvalue weighted by molar-refractivity contribution is 7.94. The van der Waals surface area contributed by atoms with Crippen molar-refractivity contribution in [1.82, 2.24) is 10.1 Å². The molecule has 1 heterocycles. The molecule has 1 aromatic heterocycles. The fourth-order valence-electron chi connectivity index (χ4n) is 2.18. The topological polar surface area (TPSA) is 68.3 Å². The Kier molecular flexibility index (Phi) is 5.11. The van der Waals surface area contributed by atoms with Crippen LogP contribution in [0.5, 0.6) is 0 Å². The molecule has 3 aromatic rings. The third kappa shape index (κ3) is 4.09. The van der Waals surface area contributed by atoms with Crippen LogP contribution in [0, 0.1) is 5.82 Å². The summed E-state index contributed by atoms with van der Waals surface area (Å²) in [5.41, 5.74) is -6.47. The normalized spacial score (nSPS) is 14.4. The Morgan fingerprint density at radius 3 is 2.14 bits per heavy atom. The molecule has 1 atom stereocenters. The van der Waals surface area contributed by atoms with Crippen molar-refractivity contribution in [2.24, 2.45) is 4.36 Å². The lowest BCUT2D eigenvalue weighted by Crippen LogP contribution is -2.22. The Labute approximate surface area is 158 Å². The highest BCUT2D eigenvalue weighted by Crippen LogP contribution is 2.36. The monoisotopic (exact) mass is 439 g/mol. The first-order chi connectivity index (χ1) is 13.4. The van der Waals surface area contributed by atoms with E-state index in [1.165, 1.54) is 18.2 Å². The van der Waals surface area contributed by atoms with E-state index >= 15 is 0 Å². The van der Waals surface area contributed by atoms with Crippen LogP contribution >= 0.6 is 0 Å².